The van der Waals surface area contributed by atoms with Crippen LogP contribution in [0.25, 0.3) is 16.9 Å². The van der Waals surface area contributed by atoms with E-state index in [1.54, 1.807) is 6.07 Å². The van der Waals surface area contributed by atoms with Gasteiger partial charge in [0.15, 0.2) is 0 Å². The van der Waals surface area contributed by atoms with E-state index in [-0.39, 0.29) is 0 Å². The number of rotatable bonds is 3. The minimum atomic E-state index is 0.417. The molecular weight excluding hydrogens is 312 g/mol. The van der Waals surface area contributed by atoms with Crippen LogP contribution in [0.2, 0.25) is 0 Å². The van der Waals surface area contributed by atoms with Crippen molar-refractivity contribution in [2.24, 2.45) is 0 Å². The van der Waals surface area contributed by atoms with Crippen molar-refractivity contribution in [1.29, 1.82) is 0 Å². The van der Waals surface area contributed by atoms with Gasteiger partial charge in [-0.15, -0.1) is 0 Å². The molecule has 0 saturated carbocycles. The van der Waals surface area contributed by atoms with Gasteiger partial charge in [0, 0.05) is 11.8 Å². The SMILES string of the molecule is Cc1cccc(C)c1Nc1nc2ccccc2n1-c1cc(N)ncn1. The Labute approximate surface area is 145 Å². The van der Waals surface area contributed by atoms with Crippen molar-refractivity contribution in [3.63, 3.8) is 0 Å². The Morgan fingerprint density at radius 3 is 2.48 bits per heavy atom. The number of para-hydroxylation sites is 3. The number of nitrogens with one attached hydrogen (secondary N) is 1. The molecule has 124 valence electrons. The maximum Gasteiger partial charge on any atom is 0.214 e. The second-order valence-electron chi connectivity index (χ2n) is 5.95. The van der Waals surface area contributed by atoms with E-state index in [4.69, 9.17) is 10.7 Å². The zero-order chi connectivity index (χ0) is 17.4. The number of nitrogens with zero attached hydrogens (tertiary/aromatic N) is 4. The normalized spacial score (nSPS) is 11.0. The van der Waals surface area contributed by atoms with Gasteiger partial charge in [-0.3, -0.25) is 4.57 Å². The van der Waals surface area contributed by atoms with Gasteiger partial charge >= 0.3 is 0 Å². The average Bonchev–Trinajstić information content (AvgIpc) is 2.96. The molecule has 2 aromatic carbocycles. The number of nitrogens with two attached hydrogens (primary N) is 1. The molecule has 6 heteroatoms. The molecular formula is C19H18N6. The molecule has 25 heavy (non-hydrogen) atoms. The van der Waals surface area contributed by atoms with Crippen molar-refractivity contribution in [3.05, 3.63) is 66.0 Å². The summed E-state index contributed by atoms with van der Waals surface area (Å²) >= 11 is 0. The number of aromatic nitrogens is 4. The van der Waals surface area contributed by atoms with E-state index in [1.165, 1.54) is 6.33 Å². The van der Waals surface area contributed by atoms with Gasteiger partial charge in [-0.25, -0.2) is 15.0 Å². The molecule has 0 atom stereocenters. The zero-order valence-electron chi connectivity index (χ0n) is 14.1. The molecule has 6 nitrogen and oxygen atoms in total. The van der Waals surface area contributed by atoms with E-state index in [0.29, 0.717) is 17.6 Å². The molecule has 2 heterocycles. The van der Waals surface area contributed by atoms with E-state index in [2.05, 4.69) is 41.3 Å². The Hall–Kier alpha value is -3.41. The van der Waals surface area contributed by atoms with E-state index >= 15 is 0 Å². The van der Waals surface area contributed by atoms with E-state index in [1.807, 2.05) is 34.9 Å². The Balaban J connectivity index is 1.93. The third kappa shape index (κ3) is 2.67. The lowest BCUT2D eigenvalue weighted by molar-refractivity contribution is 1.00. The summed E-state index contributed by atoms with van der Waals surface area (Å²) in [5, 5.41) is 3.47. The first-order chi connectivity index (χ1) is 12.1. The van der Waals surface area contributed by atoms with Crippen molar-refractivity contribution in [2.75, 3.05) is 11.1 Å². The molecule has 0 aliphatic rings. The molecule has 0 fully saturated rings. The summed E-state index contributed by atoms with van der Waals surface area (Å²) in [7, 11) is 0. The Bertz CT molecular complexity index is 1050. The number of aryl methyl sites for hydroxylation is 2. The Kier molecular flexibility index (Phi) is 3.57. The number of fused-ring (bicyclic) bond motifs is 1. The monoisotopic (exact) mass is 330 g/mol. The lowest BCUT2D eigenvalue weighted by atomic mass is 10.1. The first kappa shape index (κ1) is 15.1. The minimum absolute atomic E-state index is 0.417. The van der Waals surface area contributed by atoms with Crippen LogP contribution in [0, 0.1) is 13.8 Å². The third-order valence-electron chi connectivity index (χ3n) is 4.18. The maximum atomic E-state index is 5.85. The van der Waals surface area contributed by atoms with Crippen LogP contribution in [0.4, 0.5) is 17.5 Å². The largest absolute Gasteiger partial charge is 0.384 e. The Morgan fingerprint density at radius 1 is 0.960 bits per heavy atom. The number of hydrogen-bond acceptors (Lipinski definition) is 5. The molecule has 4 aromatic rings. The molecule has 0 saturated heterocycles. The van der Waals surface area contributed by atoms with Gasteiger partial charge in [0.1, 0.15) is 18.0 Å². The molecule has 0 unspecified atom stereocenters. The number of imidazole rings is 1. The predicted molar refractivity (Wildman–Crippen MR) is 100 cm³/mol. The summed E-state index contributed by atoms with van der Waals surface area (Å²) in [6, 6.07) is 15.9. The smallest absolute Gasteiger partial charge is 0.214 e. The average molecular weight is 330 g/mol. The number of nitrogen functional groups attached to an aromatic ring is 1. The summed E-state index contributed by atoms with van der Waals surface area (Å²) in [5.74, 6) is 1.78. The highest BCUT2D eigenvalue weighted by atomic mass is 15.2. The highest BCUT2D eigenvalue weighted by molar-refractivity contribution is 5.82. The van der Waals surface area contributed by atoms with Crippen LogP contribution in [0.3, 0.4) is 0 Å². The van der Waals surface area contributed by atoms with E-state index in [0.717, 1.165) is 27.8 Å². The summed E-state index contributed by atoms with van der Waals surface area (Å²) in [6.07, 6.45) is 1.46. The van der Waals surface area contributed by atoms with Gasteiger partial charge in [0.05, 0.1) is 11.0 Å². The topological polar surface area (TPSA) is 81.7 Å². The van der Waals surface area contributed by atoms with Crippen molar-refractivity contribution in [1.82, 2.24) is 19.5 Å². The number of anilines is 3. The van der Waals surface area contributed by atoms with Crippen molar-refractivity contribution in [2.45, 2.75) is 13.8 Å². The quantitative estimate of drug-likeness (QED) is 0.598. The van der Waals surface area contributed by atoms with Crippen LogP contribution in [-0.2, 0) is 0 Å². The highest BCUT2D eigenvalue weighted by Gasteiger charge is 2.15. The first-order valence-electron chi connectivity index (χ1n) is 8.02. The molecule has 0 aliphatic heterocycles. The van der Waals surface area contributed by atoms with E-state index < -0.39 is 0 Å². The summed E-state index contributed by atoms with van der Waals surface area (Å²) in [4.78, 5) is 13.1. The summed E-state index contributed by atoms with van der Waals surface area (Å²) in [5.41, 5.74) is 11.0. The van der Waals surface area contributed by atoms with Crippen LogP contribution in [0.15, 0.2) is 54.9 Å². The standard InChI is InChI=1S/C19H18N6/c1-12-6-5-7-13(2)18(12)24-19-23-14-8-3-4-9-15(14)25(19)17-10-16(20)21-11-22-17/h3-11H,1-2H3,(H,23,24)(H2,20,21,22). The van der Waals surface area contributed by atoms with Gasteiger partial charge in [-0.2, -0.15) is 0 Å². The van der Waals surface area contributed by atoms with Gasteiger partial charge in [0.25, 0.3) is 0 Å². The molecule has 0 radical (unpaired) electrons. The molecule has 0 bridgehead atoms. The van der Waals surface area contributed by atoms with Crippen molar-refractivity contribution < 1.29 is 0 Å². The second kappa shape index (κ2) is 5.90. The van der Waals surface area contributed by atoms with Crippen molar-refractivity contribution >= 4 is 28.5 Å². The highest BCUT2D eigenvalue weighted by Crippen LogP contribution is 2.29. The maximum absolute atomic E-state index is 5.85. The lowest BCUT2D eigenvalue weighted by Gasteiger charge is -2.14. The van der Waals surface area contributed by atoms with Crippen LogP contribution < -0.4 is 11.1 Å². The first-order valence-corrected chi connectivity index (χ1v) is 8.02. The third-order valence-corrected chi connectivity index (χ3v) is 4.18. The van der Waals surface area contributed by atoms with Crippen molar-refractivity contribution in [3.8, 4) is 5.82 Å². The number of benzene rings is 2. The summed E-state index contributed by atoms with van der Waals surface area (Å²) < 4.78 is 1.96. The fraction of sp³-hybridized carbons (Fsp3) is 0.105. The van der Waals surface area contributed by atoms with Crippen LogP contribution in [-0.4, -0.2) is 19.5 Å². The van der Waals surface area contributed by atoms with Crippen LogP contribution in [0.1, 0.15) is 11.1 Å². The minimum Gasteiger partial charge on any atom is -0.384 e. The van der Waals surface area contributed by atoms with E-state index in [9.17, 15) is 0 Å². The van der Waals surface area contributed by atoms with Gasteiger partial charge in [-0.1, -0.05) is 30.3 Å². The van der Waals surface area contributed by atoms with Crippen LogP contribution >= 0.6 is 0 Å². The predicted octanol–water partition coefficient (Wildman–Crippen LogP) is 3.76. The molecule has 0 amide bonds. The molecule has 2 aromatic heterocycles. The fourth-order valence-corrected chi connectivity index (χ4v) is 2.95. The molecule has 3 N–H and O–H groups in total. The molecule has 0 spiro atoms. The second-order valence-corrected chi connectivity index (χ2v) is 5.95. The van der Waals surface area contributed by atoms with Gasteiger partial charge in [-0.05, 0) is 37.1 Å². The van der Waals surface area contributed by atoms with Gasteiger partial charge in [0.2, 0.25) is 5.95 Å². The van der Waals surface area contributed by atoms with Crippen LogP contribution in [0.5, 0.6) is 0 Å². The lowest BCUT2D eigenvalue weighted by Crippen LogP contribution is -2.06. The zero-order valence-corrected chi connectivity index (χ0v) is 14.1. The summed E-state index contributed by atoms with van der Waals surface area (Å²) in [6.45, 7) is 4.15. The number of hydrogen-bond donors (Lipinski definition) is 2. The van der Waals surface area contributed by atoms with Gasteiger partial charge < -0.3 is 11.1 Å². The molecule has 0 aliphatic carbocycles. The fourth-order valence-electron chi connectivity index (χ4n) is 2.95. The Morgan fingerprint density at radius 2 is 1.72 bits per heavy atom. The molecule has 4 rings (SSSR count).